The molecule has 6 heteroatoms. The van der Waals surface area contributed by atoms with Crippen LogP contribution in [0.2, 0.25) is 0 Å². The van der Waals surface area contributed by atoms with E-state index in [9.17, 15) is 10.2 Å². The summed E-state index contributed by atoms with van der Waals surface area (Å²) >= 11 is 0. The lowest BCUT2D eigenvalue weighted by molar-refractivity contribution is 0.0360. The summed E-state index contributed by atoms with van der Waals surface area (Å²) in [6.07, 6.45) is 0.240. The first-order chi connectivity index (χ1) is 14.5. The molecule has 1 heterocycles. The molecule has 1 aliphatic heterocycles. The van der Waals surface area contributed by atoms with Gasteiger partial charge >= 0.3 is 0 Å². The molecule has 0 radical (unpaired) electrons. The Hall–Kier alpha value is -1.80. The normalized spacial score (nSPS) is 19.9. The van der Waals surface area contributed by atoms with E-state index >= 15 is 0 Å². The van der Waals surface area contributed by atoms with Crippen molar-refractivity contribution in [3.05, 3.63) is 71.8 Å². The van der Waals surface area contributed by atoms with Gasteiger partial charge in [-0.15, -0.1) is 0 Å². The van der Waals surface area contributed by atoms with E-state index in [4.69, 9.17) is 11.5 Å². The summed E-state index contributed by atoms with van der Waals surface area (Å²) < 4.78 is 0. The predicted molar refractivity (Wildman–Crippen MR) is 121 cm³/mol. The molecule has 1 saturated heterocycles. The Morgan fingerprint density at radius 3 is 1.30 bits per heavy atom. The van der Waals surface area contributed by atoms with Gasteiger partial charge in [0.25, 0.3) is 0 Å². The SMILES string of the molecule is N[C@H](Cc1ccccc1)[C@@H](O)CN1CCN(C[C@H](O)[C@H](N)Cc2ccccc2)CC1. The fraction of sp³-hybridized carbons (Fsp3) is 0.500. The first kappa shape index (κ1) is 22.9. The van der Waals surface area contributed by atoms with Crippen molar-refractivity contribution < 1.29 is 10.2 Å². The zero-order valence-corrected chi connectivity index (χ0v) is 17.7. The molecule has 0 aliphatic carbocycles. The molecule has 0 bridgehead atoms. The van der Waals surface area contributed by atoms with Gasteiger partial charge in [0.1, 0.15) is 0 Å². The summed E-state index contributed by atoms with van der Waals surface area (Å²) in [5, 5.41) is 21.0. The second-order valence-electron chi connectivity index (χ2n) is 8.44. The van der Waals surface area contributed by atoms with Gasteiger partial charge in [0.15, 0.2) is 0 Å². The highest BCUT2D eigenvalue weighted by atomic mass is 16.3. The van der Waals surface area contributed by atoms with E-state index in [1.54, 1.807) is 0 Å². The van der Waals surface area contributed by atoms with Crippen LogP contribution in [0, 0.1) is 0 Å². The molecule has 3 rings (SSSR count). The van der Waals surface area contributed by atoms with E-state index in [-0.39, 0.29) is 12.1 Å². The van der Waals surface area contributed by atoms with Crippen LogP contribution in [0.4, 0.5) is 0 Å². The lowest BCUT2D eigenvalue weighted by atomic mass is 10.0. The molecule has 164 valence electrons. The van der Waals surface area contributed by atoms with Gasteiger partial charge < -0.3 is 21.7 Å². The van der Waals surface area contributed by atoms with Gasteiger partial charge in [-0.2, -0.15) is 0 Å². The maximum atomic E-state index is 10.5. The van der Waals surface area contributed by atoms with Crippen LogP contribution in [0.25, 0.3) is 0 Å². The van der Waals surface area contributed by atoms with Crippen molar-refractivity contribution in [1.29, 1.82) is 0 Å². The molecule has 6 N–H and O–H groups in total. The van der Waals surface area contributed by atoms with Gasteiger partial charge in [-0.3, -0.25) is 9.80 Å². The van der Waals surface area contributed by atoms with E-state index in [1.807, 2.05) is 60.7 Å². The molecule has 0 saturated carbocycles. The Labute approximate surface area is 180 Å². The highest BCUT2D eigenvalue weighted by molar-refractivity contribution is 5.17. The van der Waals surface area contributed by atoms with Crippen LogP contribution in [-0.2, 0) is 12.8 Å². The highest BCUT2D eigenvalue weighted by Crippen LogP contribution is 2.10. The maximum Gasteiger partial charge on any atom is 0.0820 e. The Kier molecular flexibility index (Phi) is 8.81. The molecule has 4 atom stereocenters. The van der Waals surface area contributed by atoms with Crippen LogP contribution in [-0.4, -0.2) is 83.6 Å². The molecule has 2 aromatic rings. The minimum atomic E-state index is -0.554. The lowest BCUT2D eigenvalue weighted by Gasteiger charge is -2.37. The molecule has 2 aromatic carbocycles. The third-order valence-electron chi connectivity index (χ3n) is 5.97. The first-order valence-corrected chi connectivity index (χ1v) is 10.9. The fourth-order valence-electron chi connectivity index (χ4n) is 4.00. The number of aliphatic hydroxyl groups excluding tert-OH is 2. The smallest absolute Gasteiger partial charge is 0.0820 e. The van der Waals surface area contributed by atoms with Gasteiger partial charge in [-0.1, -0.05) is 60.7 Å². The van der Waals surface area contributed by atoms with E-state index < -0.39 is 12.2 Å². The molecule has 1 fully saturated rings. The van der Waals surface area contributed by atoms with Crippen molar-refractivity contribution in [2.24, 2.45) is 11.5 Å². The predicted octanol–water partition coefficient (Wildman–Crippen LogP) is 0.466. The zero-order chi connectivity index (χ0) is 21.3. The molecule has 30 heavy (non-hydrogen) atoms. The van der Waals surface area contributed by atoms with E-state index in [0.717, 1.165) is 37.3 Å². The molecule has 0 unspecified atom stereocenters. The zero-order valence-electron chi connectivity index (χ0n) is 17.7. The average Bonchev–Trinajstić information content (AvgIpc) is 2.76. The molecule has 1 aliphatic rings. The summed E-state index contributed by atoms with van der Waals surface area (Å²) in [6, 6.07) is 19.6. The average molecular weight is 413 g/mol. The van der Waals surface area contributed by atoms with Gasteiger partial charge in [-0.05, 0) is 24.0 Å². The van der Waals surface area contributed by atoms with Gasteiger partial charge in [0, 0.05) is 51.4 Å². The molecule has 0 amide bonds. The number of rotatable bonds is 10. The fourth-order valence-corrected chi connectivity index (χ4v) is 4.00. The van der Waals surface area contributed by atoms with E-state index in [0.29, 0.717) is 25.9 Å². The second-order valence-corrected chi connectivity index (χ2v) is 8.44. The highest BCUT2D eigenvalue weighted by Gasteiger charge is 2.25. The standard InChI is InChI=1S/C24H36N4O2/c25-21(15-19-7-3-1-4-8-19)23(29)17-27-11-13-28(14-12-27)18-24(30)22(26)16-20-9-5-2-6-10-20/h1-10,21-24,29-30H,11-18,25-26H2/t21-,22-,23+,24+/m1/s1. The third kappa shape index (κ3) is 7.16. The molecule has 0 aromatic heterocycles. The number of benzene rings is 2. The van der Waals surface area contributed by atoms with E-state index in [1.165, 1.54) is 0 Å². The quantitative estimate of drug-likeness (QED) is 0.453. The monoisotopic (exact) mass is 412 g/mol. The summed E-state index contributed by atoms with van der Waals surface area (Å²) in [5.41, 5.74) is 14.7. The van der Waals surface area contributed by atoms with Crippen molar-refractivity contribution >= 4 is 0 Å². The van der Waals surface area contributed by atoms with Crippen LogP contribution >= 0.6 is 0 Å². The molecular formula is C24H36N4O2. The Morgan fingerprint density at radius 2 is 0.967 bits per heavy atom. The van der Waals surface area contributed by atoms with Crippen molar-refractivity contribution in [2.75, 3.05) is 39.3 Å². The largest absolute Gasteiger partial charge is 0.390 e. The van der Waals surface area contributed by atoms with Crippen LogP contribution in [0.3, 0.4) is 0 Å². The van der Waals surface area contributed by atoms with Gasteiger partial charge in [0.05, 0.1) is 12.2 Å². The van der Waals surface area contributed by atoms with Crippen molar-refractivity contribution in [3.63, 3.8) is 0 Å². The third-order valence-corrected chi connectivity index (χ3v) is 5.97. The second kappa shape index (κ2) is 11.6. The first-order valence-electron chi connectivity index (χ1n) is 10.9. The lowest BCUT2D eigenvalue weighted by Crippen LogP contribution is -2.54. The van der Waals surface area contributed by atoms with Gasteiger partial charge in [-0.25, -0.2) is 0 Å². The Morgan fingerprint density at radius 1 is 0.633 bits per heavy atom. The summed E-state index contributed by atoms with van der Waals surface area (Å²) in [6.45, 7) is 4.59. The summed E-state index contributed by atoms with van der Waals surface area (Å²) in [7, 11) is 0. The van der Waals surface area contributed by atoms with Crippen LogP contribution in [0.5, 0.6) is 0 Å². The number of piperazine rings is 1. The number of β-amino-alcohol motifs (C(OH)–C–C–N with tert-alkyl or cyclic N) is 2. The van der Waals surface area contributed by atoms with Crippen molar-refractivity contribution in [1.82, 2.24) is 9.80 Å². The molecular weight excluding hydrogens is 376 g/mol. The number of hydrogen-bond donors (Lipinski definition) is 4. The maximum absolute atomic E-state index is 10.5. The van der Waals surface area contributed by atoms with Crippen molar-refractivity contribution in [2.45, 2.75) is 37.1 Å². The number of aliphatic hydroxyl groups is 2. The Bertz CT molecular complexity index is 659. The number of hydrogen-bond acceptors (Lipinski definition) is 6. The number of nitrogens with zero attached hydrogens (tertiary/aromatic N) is 2. The van der Waals surface area contributed by atoms with E-state index in [2.05, 4.69) is 9.80 Å². The minimum absolute atomic E-state index is 0.275. The summed E-state index contributed by atoms with van der Waals surface area (Å²) in [5.74, 6) is 0. The summed E-state index contributed by atoms with van der Waals surface area (Å²) in [4.78, 5) is 4.50. The minimum Gasteiger partial charge on any atom is -0.390 e. The number of nitrogens with two attached hydrogens (primary N) is 2. The molecule has 6 nitrogen and oxygen atoms in total. The van der Waals surface area contributed by atoms with Crippen molar-refractivity contribution in [3.8, 4) is 0 Å². The topological polar surface area (TPSA) is 99.0 Å². The van der Waals surface area contributed by atoms with Crippen LogP contribution in [0.1, 0.15) is 11.1 Å². The Balaban J connectivity index is 1.36. The molecule has 0 spiro atoms. The van der Waals surface area contributed by atoms with Crippen LogP contribution in [0.15, 0.2) is 60.7 Å². The van der Waals surface area contributed by atoms with Crippen LogP contribution < -0.4 is 11.5 Å². The van der Waals surface area contributed by atoms with Gasteiger partial charge in [0.2, 0.25) is 0 Å².